The van der Waals surface area contributed by atoms with Gasteiger partial charge in [-0.25, -0.2) is 4.39 Å². The zero-order valence-corrected chi connectivity index (χ0v) is 13.9. The van der Waals surface area contributed by atoms with Crippen molar-refractivity contribution in [1.29, 1.82) is 0 Å². The Morgan fingerprint density at radius 3 is 2.60 bits per heavy atom. The molecule has 0 fully saturated rings. The van der Waals surface area contributed by atoms with E-state index >= 15 is 0 Å². The Hall–Kier alpha value is -0.349. The summed E-state index contributed by atoms with van der Waals surface area (Å²) in [6.07, 6.45) is 3.20. The largest absolute Gasteiger partial charge is 1.00 e. The number of benzene rings is 1. The maximum Gasteiger partial charge on any atom is 1.00 e. The summed E-state index contributed by atoms with van der Waals surface area (Å²) in [6, 6.07) is 3.89. The third-order valence-electron chi connectivity index (χ3n) is 2.47. The zero-order valence-electron chi connectivity index (χ0n) is 10.8. The number of aromatic nitrogens is 2. The molecule has 102 valence electrons. The van der Waals surface area contributed by atoms with Crippen LogP contribution < -0.4 is 61.6 Å². The Balaban J connectivity index is 0.00000200. The maximum absolute atomic E-state index is 13.0. The molecule has 0 saturated carbocycles. The number of rotatable bonds is 5. The Morgan fingerprint density at radius 2 is 2.00 bits per heavy atom. The molecule has 2 rings (SSSR count). The van der Waals surface area contributed by atoms with Gasteiger partial charge in [0.2, 0.25) is 0 Å². The molecule has 1 aromatic carbocycles. The Bertz CT molecular complexity index is 548. The van der Waals surface area contributed by atoms with Crippen LogP contribution in [0.4, 0.5) is 17.3 Å². The summed E-state index contributed by atoms with van der Waals surface area (Å²) in [7, 11) is 0. The molecule has 0 saturated heterocycles. The second kappa shape index (κ2) is 7.60. The standard InChI is InChI=1S/C11H10BF4N2O.K/c13-9-2-3-10(12(14,15)16)11(8-9)19-7-6-18-5-1-4-17-18;/h1-5,8H,6-7H2;/q-1;+1. The van der Waals surface area contributed by atoms with E-state index in [1.165, 1.54) is 4.68 Å². The first-order valence-electron chi connectivity index (χ1n) is 5.56. The first-order valence-corrected chi connectivity index (χ1v) is 5.56. The normalized spacial score (nSPS) is 11.0. The van der Waals surface area contributed by atoms with E-state index in [0.717, 1.165) is 12.1 Å². The summed E-state index contributed by atoms with van der Waals surface area (Å²) in [5.41, 5.74) is -0.929. The van der Waals surface area contributed by atoms with Gasteiger partial charge in [-0.3, -0.25) is 4.68 Å². The van der Waals surface area contributed by atoms with Crippen LogP contribution >= 0.6 is 0 Å². The van der Waals surface area contributed by atoms with E-state index in [4.69, 9.17) is 4.74 Å². The van der Waals surface area contributed by atoms with Gasteiger partial charge >= 0.3 is 58.4 Å². The average molecular weight is 312 g/mol. The molecular weight excluding hydrogens is 302 g/mol. The molecule has 0 atom stereocenters. The van der Waals surface area contributed by atoms with Crippen molar-refractivity contribution in [2.24, 2.45) is 0 Å². The minimum atomic E-state index is -5.23. The maximum atomic E-state index is 13.0. The SMILES string of the molecule is Fc1ccc([B-](F)(F)F)c(OCCn2cccn2)c1.[K+]. The van der Waals surface area contributed by atoms with E-state index in [9.17, 15) is 17.3 Å². The van der Waals surface area contributed by atoms with Crippen LogP contribution in [-0.4, -0.2) is 23.4 Å². The number of ether oxygens (including phenoxy) is 1. The van der Waals surface area contributed by atoms with Crippen molar-refractivity contribution in [2.75, 3.05) is 6.61 Å². The molecule has 20 heavy (non-hydrogen) atoms. The van der Waals surface area contributed by atoms with Crippen molar-refractivity contribution in [3.8, 4) is 5.75 Å². The molecular formula is C11H10BF4KN2O. The molecule has 0 bridgehead atoms. The van der Waals surface area contributed by atoms with Gasteiger partial charge in [0.1, 0.15) is 12.4 Å². The summed E-state index contributed by atoms with van der Waals surface area (Å²) in [4.78, 5) is 0. The molecule has 0 spiro atoms. The van der Waals surface area contributed by atoms with Crippen molar-refractivity contribution >= 4 is 12.4 Å². The average Bonchev–Trinajstić information content (AvgIpc) is 2.80. The Morgan fingerprint density at radius 1 is 1.25 bits per heavy atom. The predicted molar refractivity (Wildman–Crippen MR) is 62.8 cm³/mol. The van der Waals surface area contributed by atoms with Gasteiger partial charge in [0, 0.05) is 18.5 Å². The van der Waals surface area contributed by atoms with Crippen molar-refractivity contribution in [3.63, 3.8) is 0 Å². The first kappa shape index (κ1) is 17.7. The van der Waals surface area contributed by atoms with Crippen LogP contribution in [0.3, 0.4) is 0 Å². The molecule has 0 aliphatic rings. The molecule has 0 radical (unpaired) electrons. The van der Waals surface area contributed by atoms with E-state index in [-0.39, 0.29) is 64.5 Å². The molecule has 1 aromatic heterocycles. The molecule has 2 aromatic rings. The van der Waals surface area contributed by atoms with Crippen molar-refractivity contribution in [2.45, 2.75) is 6.54 Å². The molecule has 9 heteroatoms. The van der Waals surface area contributed by atoms with Gasteiger partial charge in [-0.15, -0.1) is 0 Å². The molecule has 3 nitrogen and oxygen atoms in total. The van der Waals surface area contributed by atoms with Crippen LogP contribution in [0.1, 0.15) is 0 Å². The van der Waals surface area contributed by atoms with Gasteiger partial charge in [-0.05, 0) is 12.1 Å². The van der Waals surface area contributed by atoms with E-state index in [2.05, 4.69) is 5.10 Å². The van der Waals surface area contributed by atoms with Crippen LogP contribution in [0.2, 0.25) is 0 Å². The van der Waals surface area contributed by atoms with Crippen molar-refractivity contribution in [1.82, 2.24) is 9.78 Å². The Kier molecular flexibility index (Phi) is 6.73. The van der Waals surface area contributed by atoms with E-state index in [1.807, 2.05) is 0 Å². The van der Waals surface area contributed by atoms with Crippen molar-refractivity contribution < 1.29 is 73.5 Å². The predicted octanol–water partition coefficient (Wildman–Crippen LogP) is -0.840. The minimum Gasteiger partial charge on any atom is -0.495 e. The fourth-order valence-electron chi connectivity index (χ4n) is 1.59. The monoisotopic (exact) mass is 312 g/mol. The smallest absolute Gasteiger partial charge is 0.495 e. The van der Waals surface area contributed by atoms with Gasteiger partial charge in [0.25, 0.3) is 0 Å². The van der Waals surface area contributed by atoms with Crippen LogP contribution in [0.5, 0.6) is 5.75 Å². The number of hydrogen-bond donors (Lipinski definition) is 0. The quantitative estimate of drug-likeness (QED) is 0.532. The van der Waals surface area contributed by atoms with Crippen LogP contribution in [0.15, 0.2) is 36.7 Å². The summed E-state index contributed by atoms with van der Waals surface area (Å²) in [5.74, 6) is -1.25. The molecule has 0 N–H and O–H groups in total. The molecule has 1 heterocycles. The third kappa shape index (κ3) is 4.89. The third-order valence-corrected chi connectivity index (χ3v) is 2.47. The van der Waals surface area contributed by atoms with Crippen LogP contribution in [0.25, 0.3) is 0 Å². The van der Waals surface area contributed by atoms with E-state index in [0.29, 0.717) is 6.07 Å². The summed E-state index contributed by atoms with van der Waals surface area (Å²) < 4.78 is 57.7. The minimum absolute atomic E-state index is 0. The fourth-order valence-corrected chi connectivity index (χ4v) is 1.59. The van der Waals surface area contributed by atoms with Gasteiger partial charge in [-0.1, -0.05) is 11.5 Å². The molecule has 0 aliphatic carbocycles. The van der Waals surface area contributed by atoms with Gasteiger partial charge in [-0.2, -0.15) is 5.10 Å². The molecule has 0 unspecified atom stereocenters. The molecule has 0 amide bonds. The fraction of sp³-hybridized carbons (Fsp3) is 0.182. The number of hydrogen-bond acceptors (Lipinski definition) is 2. The van der Waals surface area contributed by atoms with Crippen molar-refractivity contribution in [3.05, 3.63) is 42.5 Å². The van der Waals surface area contributed by atoms with Crippen LogP contribution in [0, 0.1) is 5.82 Å². The van der Waals surface area contributed by atoms with Gasteiger partial charge < -0.3 is 17.7 Å². The number of nitrogens with zero attached hydrogens (tertiary/aromatic N) is 2. The summed E-state index contributed by atoms with van der Waals surface area (Å²) >= 11 is 0. The van der Waals surface area contributed by atoms with E-state index in [1.54, 1.807) is 18.5 Å². The topological polar surface area (TPSA) is 27.1 Å². The summed E-state index contributed by atoms with van der Waals surface area (Å²) in [6.45, 7) is -4.97. The molecule has 0 aliphatic heterocycles. The second-order valence-corrected chi connectivity index (χ2v) is 3.87. The first-order chi connectivity index (χ1) is 8.97. The number of halogens is 4. The second-order valence-electron chi connectivity index (χ2n) is 3.87. The van der Waals surface area contributed by atoms with Crippen LogP contribution in [-0.2, 0) is 6.54 Å². The van der Waals surface area contributed by atoms with Gasteiger partial charge in [0.15, 0.2) is 0 Å². The summed E-state index contributed by atoms with van der Waals surface area (Å²) in [5, 5.41) is 3.88. The zero-order chi connectivity index (χ0) is 13.9. The Labute approximate surface area is 155 Å². The van der Waals surface area contributed by atoms with E-state index < -0.39 is 24.0 Å². The van der Waals surface area contributed by atoms with Gasteiger partial charge in [0.05, 0.1) is 12.3 Å².